The van der Waals surface area contributed by atoms with Crippen LogP contribution in [0, 0.1) is 12.8 Å². The quantitative estimate of drug-likeness (QED) is 0.782. The molecule has 2 aromatic rings. The highest BCUT2D eigenvalue weighted by molar-refractivity contribution is 5.95. The second-order valence-corrected chi connectivity index (χ2v) is 4.23. The molecule has 2 rings (SSSR count). The molecule has 0 aromatic carbocycles. The first-order valence-electron chi connectivity index (χ1n) is 5.68. The van der Waals surface area contributed by atoms with Crippen molar-refractivity contribution >= 4 is 11.7 Å². The van der Waals surface area contributed by atoms with Crippen LogP contribution in [0.4, 0.5) is 0 Å². The molecule has 0 saturated heterocycles. The van der Waals surface area contributed by atoms with Crippen molar-refractivity contribution in [2.24, 2.45) is 5.92 Å². The highest BCUT2D eigenvalue weighted by atomic mass is 16.3. The maximum absolute atomic E-state index is 12.0. The Morgan fingerprint density at radius 1 is 1.56 bits per heavy atom. The van der Waals surface area contributed by atoms with Gasteiger partial charge in [-0.1, -0.05) is 6.92 Å². The first-order valence-corrected chi connectivity index (χ1v) is 5.68. The van der Waals surface area contributed by atoms with Crippen LogP contribution >= 0.6 is 0 Å². The molecule has 0 aliphatic carbocycles. The van der Waals surface area contributed by atoms with Gasteiger partial charge in [-0.25, -0.2) is 9.50 Å². The Hall–Kier alpha value is -2.02. The minimum atomic E-state index is -0.224. The van der Waals surface area contributed by atoms with Crippen LogP contribution in [-0.4, -0.2) is 43.7 Å². The number of nitrogens with one attached hydrogen (secondary N) is 1. The van der Waals surface area contributed by atoms with E-state index in [1.54, 1.807) is 6.92 Å². The Morgan fingerprint density at radius 2 is 2.33 bits per heavy atom. The molecule has 7 nitrogen and oxygen atoms in total. The highest BCUT2D eigenvalue weighted by Gasteiger charge is 2.14. The van der Waals surface area contributed by atoms with Gasteiger partial charge in [0.05, 0.1) is 11.3 Å². The van der Waals surface area contributed by atoms with Crippen LogP contribution in [0.15, 0.2) is 12.5 Å². The Kier molecular flexibility index (Phi) is 3.52. The van der Waals surface area contributed by atoms with E-state index in [0.29, 0.717) is 23.6 Å². The van der Waals surface area contributed by atoms with Crippen LogP contribution in [-0.2, 0) is 0 Å². The molecule has 0 radical (unpaired) electrons. The summed E-state index contributed by atoms with van der Waals surface area (Å²) in [5.41, 5.74) is 1.14. The van der Waals surface area contributed by atoms with E-state index in [1.807, 2.05) is 6.92 Å². The number of aryl methyl sites for hydroxylation is 1. The SMILES string of the molecule is Cc1c(C(=O)NCC(C)CO)cnc2ncnn12. The molecule has 96 valence electrons. The molecule has 0 fully saturated rings. The Labute approximate surface area is 104 Å². The summed E-state index contributed by atoms with van der Waals surface area (Å²) in [6, 6.07) is 0. The van der Waals surface area contributed by atoms with Gasteiger partial charge in [-0.2, -0.15) is 10.1 Å². The smallest absolute Gasteiger partial charge is 0.254 e. The number of hydrogen-bond acceptors (Lipinski definition) is 5. The first kappa shape index (κ1) is 12.4. The topological polar surface area (TPSA) is 92.4 Å². The average Bonchev–Trinajstić information content (AvgIpc) is 2.85. The molecule has 18 heavy (non-hydrogen) atoms. The van der Waals surface area contributed by atoms with Gasteiger partial charge >= 0.3 is 0 Å². The predicted molar refractivity (Wildman–Crippen MR) is 64.1 cm³/mol. The van der Waals surface area contributed by atoms with Gasteiger partial charge in [-0.3, -0.25) is 4.79 Å². The zero-order chi connectivity index (χ0) is 13.1. The lowest BCUT2D eigenvalue weighted by atomic mass is 10.2. The van der Waals surface area contributed by atoms with E-state index in [1.165, 1.54) is 17.0 Å². The van der Waals surface area contributed by atoms with Crippen molar-refractivity contribution in [2.75, 3.05) is 13.2 Å². The summed E-state index contributed by atoms with van der Waals surface area (Å²) < 4.78 is 1.52. The summed E-state index contributed by atoms with van der Waals surface area (Å²) in [6.07, 6.45) is 2.88. The number of carbonyl (C=O) groups is 1. The van der Waals surface area contributed by atoms with Gasteiger partial charge in [0.2, 0.25) is 0 Å². The Bertz CT molecular complexity index is 566. The second kappa shape index (κ2) is 5.09. The molecule has 0 aliphatic rings. The predicted octanol–water partition coefficient (Wildman–Crippen LogP) is -0.209. The number of rotatable bonds is 4. The fourth-order valence-electron chi connectivity index (χ4n) is 1.54. The summed E-state index contributed by atoms with van der Waals surface area (Å²) in [6.45, 7) is 4.10. The molecule has 0 saturated carbocycles. The van der Waals surface area contributed by atoms with Crippen molar-refractivity contribution in [3.8, 4) is 0 Å². The van der Waals surface area contributed by atoms with E-state index in [2.05, 4.69) is 20.4 Å². The zero-order valence-corrected chi connectivity index (χ0v) is 10.3. The molecule has 7 heteroatoms. The van der Waals surface area contributed by atoms with E-state index < -0.39 is 0 Å². The van der Waals surface area contributed by atoms with Crippen LogP contribution in [0.25, 0.3) is 5.78 Å². The Morgan fingerprint density at radius 3 is 3.06 bits per heavy atom. The fourth-order valence-corrected chi connectivity index (χ4v) is 1.54. The molecular formula is C11H15N5O2. The lowest BCUT2D eigenvalue weighted by Crippen LogP contribution is -2.30. The van der Waals surface area contributed by atoms with Crippen molar-refractivity contribution in [3.05, 3.63) is 23.8 Å². The molecular weight excluding hydrogens is 234 g/mol. The van der Waals surface area contributed by atoms with Crippen LogP contribution in [0.1, 0.15) is 23.0 Å². The molecule has 2 N–H and O–H groups in total. The van der Waals surface area contributed by atoms with Crippen molar-refractivity contribution in [1.82, 2.24) is 24.9 Å². The number of fused-ring (bicyclic) bond motifs is 1. The molecule has 0 spiro atoms. The highest BCUT2D eigenvalue weighted by Crippen LogP contribution is 2.07. The maximum Gasteiger partial charge on any atom is 0.254 e. The van der Waals surface area contributed by atoms with Crippen molar-refractivity contribution in [1.29, 1.82) is 0 Å². The molecule has 1 unspecified atom stereocenters. The number of aliphatic hydroxyl groups excluding tert-OH is 1. The van der Waals surface area contributed by atoms with Gasteiger partial charge in [0, 0.05) is 19.3 Å². The number of aromatic nitrogens is 4. The number of aliphatic hydroxyl groups is 1. The van der Waals surface area contributed by atoms with E-state index in [9.17, 15) is 4.79 Å². The molecule has 0 bridgehead atoms. The normalized spacial score (nSPS) is 12.6. The van der Waals surface area contributed by atoms with Crippen molar-refractivity contribution in [2.45, 2.75) is 13.8 Å². The maximum atomic E-state index is 12.0. The van der Waals surface area contributed by atoms with Crippen LogP contribution < -0.4 is 5.32 Å². The number of hydrogen-bond donors (Lipinski definition) is 2. The van der Waals surface area contributed by atoms with Gasteiger partial charge in [-0.05, 0) is 12.8 Å². The zero-order valence-electron chi connectivity index (χ0n) is 10.3. The summed E-state index contributed by atoms with van der Waals surface area (Å²) in [7, 11) is 0. The van der Waals surface area contributed by atoms with Crippen molar-refractivity contribution in [3.63, 3.8) is 0 Å². The summed E-state index contributed by atoms with van der Waals surface area (Å²) in [4.78, 5) is 20.0. The largest absolute Gasteiger partial charge is 0.396 e. The van der Waals surface area contributed by atoms with Crippen LogP contribution in [0.3, 0.4) is 0 Å². The molecule has 2 aromatic heterocycles. The summed E-state index contributed by atoms with van der Waals surface area (Å²) in [5.74, 6) is 0.266. The third-order valence-corrected chi connectivity index (χ3v) is 2.71. The van der Waals surface area contributed by atoms with Gasteiger partial charge < -0.3 is 10.4 Å². The van der Waals surface area contributed by atoms with Gasteiger partial charge in [0.25, 0.3) is 11.7 Å². The molecule has 2 heterocycles. The van der Waals surface area contributed by atoms with Gasteiger partial charge in [0.15, 0.2) is 0 Å². The van der Waals surface area contributed by atoms with Gasteiger partial charge in [-0.15, -0.1) is 0 Å². The van der Waals surface area contributed by atoms with Crippen LogP contribution in [0.5, 0.6) is 0 Å². The molecule has 1 amide bonds. The number of carbonyl (C=O) groups excluding carboxylic acids is 1. The third-order valence-electron chi connectivity index (χ3n) is 2.71. The van der Waals surface area contributed by atoms with E-state index in [4.69, 9.17) is 5.11 Å². The number of nitrogens with zero attached hydrogens (tertiary/aromatic N) is 4. The fraction of sp³-hybridized carbons (Fsp3) is 0.455. The first-order chi connectivity index (χ1) is 8.63. The third kappa shape index (κ3) is 2.30. The minimum absolute atomic E-state index is 0.0253. The number of amides is 1. The van der Waals surface area contributed by atoms with E-state index in [-0.39, 0.29) is 18.4 Å². The average molecular weight is 249 g/mol. The molecule has 1 atom stereocenters. The van der Waals surface area contributed by atoms with Crippen molar-refractivity contribution < 1.29 is 9.90 Å². The van der Waals surface area contributed by atoms with Gasteiger partial charge in [0.1, 0.15) is 6.33 Å². The van der Waals surface area contributed by atoms with E-state index >= 15 is 0 Å². The summed E-state index contributed by atoms with van der Waals surface area (Å²) >= 11 is 0. The summed E-state index contributed by atoms with van der Waals surface area (Å²) in [5, 5.41) is 15.6. The lowest BCUT2D eigenvalue weighted by Gasteiger charge is -2.11. The van der Waals surface area contributed by atoms with Crippen LogP contribution in [0.2, 0.25) is 0 Å². The Balaban J connectivity index is 2.20. The lowest BCUT2D eigenvalue weighted by molar-refractivity contribution is 0.0940. The second-order valence-electron chi connectivity index (χ2n) is 4.23. The monoisotopic (exact) mass is 249 g/mol. The molecule has 0 aliphatic heterocycles. The standard InChI is InChI=1S/C11H15N5O2/c1-7(5-17)3-12-10(18)9-4-13-11-14-6-15-16(11)8(9)2/h4,6-7,17H,3,5H2,1-2H3,(H,12,18). The van der Waals surface area contributed by atoms with E-state index in [0.717, 1.165) is 0 Å². The minimum Gasteiger partial charge on any atom is -0.396 e.